The van der Waals surface area contributed by atoms with Crippen LogP contribution in [0, 0.1) is 6.92 Å². The third-order valence-electron chi connectivity index (χ3n) is 2.85. The molecule has 2 rings (SSSR count). The molecule has 1 aliphatic rings. The molecule has 0 aromatic carbocycles. The first-order chi connectivity index (χ1) is 8.16. The number of likely N-dealkylation sites (tertiary alicyclic amines) is 1. The highest BCUT2D eigenvalue weighted by Crippen LogP contribution is 2.10. The Morgan fingerprint density at radius 2 is 2.24 bits per heavy atom. The average Bonchev–Trinajstić information content (AvgIpc) is 2.23. The van der Waals surface area contributed by atoms with Crippen LogP contribution in [0.1, 0.15) is 24.7 Å². The van der Waals surface area contributed by atoms with Crippen LogP contribution in [0.4, 0.5) is 0 Å². The molecule has 1 aromatic rings. The van der Waals surface area contributed by atoms with Crippen LogP contribution in [0.3, 0.4) is 0 Å². The van der Waals surface area contributed by atoms with E-state index in [0.29, 0.717) is 0 Å². The van der Waals surface area contributed by atoms with E-state index < -0.39 is 0 Å². The molecule has 2 heterocycles. The Hall–Kier alpha value is -1.84. The molecule has 0 saturated carbocycles. The van der Waals surface area contributed by atoms with Crippen LogP contribution in [-0.4, -0.2) is 28.7 Å². The van der Waals surface area contributed by atoms with Gasteiger partial charge in [0, 0.05) is 18.8 Å². The maximum Gasteiger partial charge on any atom is 0.115 e. The van der Waals surface area contributed by atoms with E-state index in [-0.39, 0.29) is 0 Å². The minimum Gasteiger partial charge on any atom is -0.357 e. The molecule has 17 heavy (non-hydrogen) atoms. The summed E-state index contributed by atoms with van der Waals surface area (Å²) in [4.78, 5) is 6.58. The minimum absolute atomic E-state index is 0.864. The molecule has 0 amide bonds. The Morgan fingerprint density at radius 3 is 2.82 bits per heavy atom. The second-order valence-electron chi connectivity index (χ2n) is 4.26. The van der Waals surface area contributed by atoms with Crippen LogP contribution >= 0.6 is 0 Å². The predicted octanol–water partition coefficient (Wildman–Crippen LogP) is 1.88. The number of aromatic nitrogens is 1. The lowest BCUT2D eigenvalue weighted by Crippen LogP contribution is -2.39. The first-order valence-electron chi connectivity index (χ1n) is 5.85. The van der Waals surface area contributed by atoms with Crippen molar-refractivity contribution in [3.8, 4) is 0 Å². The van der Waals surface area contributed by atoms with Crippen molar-refractivity contribution in [1.29, 1.82) is 0 Å². The molecule has 0 bridgehead atoms. The zero-order chi connectivity index (χ0) is 12.3. The summed E-state index contributed by atoms with van der Waals surface area (Å²) in [6.07, 6.45) is 1.24. The smallest absolute Gasteiger partial charge is 0.115 e. The van der Waals surface area contributed by atoms with Gasteiger partial charge in [0.1, 0.15) is 5.82 Å². The van der Waals surface area contributed by atoms with E-state index in [1.165, 1.54) is 6.42 Å². The van der Waals surface area contributed by atoms with Crippen LogP contribution in [0.15, 0.2) is 35.7 Å². The highest BCUT2D eigenvalue weighted by Gasteiger charge is 2.14. The van der Waals surface area contributed by atoms with Gasteiger partial charge in [-0.15, -0.1) is 0 Å². The lowest BCUT2D eigenvalue weighted by atomic mass is 10.2. The van der Waals surface area contributed by atoms with Gasteiger partial charge >= 0.3 is 0 Å². The molecular formula is C13H18N4. The minimum atomic E-state index is 0.864. The summed E-state index contributed by atoms with van der Waals surface area (Å²) in [5, 5.41) is 4.30. The Balaban J connectivity index is 1.99. The summed E-state index contributed by atoms with van der Waals surface area (Å²) in [7, 11) is 0. The lowest BCUT2D eigenvalue weighted by molar-refractivity contribution is 0.224. The number of nitrogens with one attached hydrogen (secondary N) is 1. The van der Waals surface area contributed by atoms with E-state index in [4.69, 9.17) is 0 Å². The molecule has 1 aliphatic heterocycles. The summed E-state index contributed by atoms with van der Waals surface area (Å²) >= 11 is 0. The predicted molar refractivity (Wildman–Crippen MR) is 69.7 cm³/mol. The molecule has 0 aliphatic carbocycles. The van der Waals surface area contributed by atoms with Gasteiger partial charge in [0.25, 0.3) is 0 Å². The zero-order valence-electron chi connectivity index (χ0n) is 10.4. The van der Waals surface area contributed by atoms with Gasteiger partial charge in [-0.25, -0.2) is 0 Å². The number of hydrazone groups is 1. The third-order valence-corrected chi connectivity index (χ3v) is 2.85. The van der Waals surface area contributed by atoms with Crippen LogP contribution in [0.2, 0.25) is 0 Å². The third kappa shape index (κ3) is 2.84. The summed E-state index contributed by atoms with van der Waals surface area (Å²) in [6.45, 7) is 10.0. The van der Waals surface area contributed by atoms with E-state index in [0.717, 1.165) is 36.0 Å². The molecule has 4 heteroatoms. The van der Waals surface area contributed by atoms with Crippen molar-refractivity contribution < 1.29 is 0 Å². The van der Waals surface area contributed by atoms with Crippen molar-refractivity contribution in [3.63, 3.8) is 0 Å². The highest BCUT2D eigenvalue weighted by molar-refractivity contribution is 5.96. The molecular weight excluding hydrogens is 212 g/mol. The van der Waals surface area contributed by atoms with Crippen LogP contribution in [0.25, 0.3) is 0 Å². The van der Waals surface area contributed by atoms with Gasteiger partial charge in [0.05, 0.1) is 11.4 Å². The van der Waals surface area contributed by atoms with E-state index in [1.54, 1.807) is 0 Å². The monoisotopic (exact) mass is 230 g/mol. The Bertz CT molecular complexity index is 446. The summed E-state index contributed by atoms with van der Waals surface area (Å²) in [6, 6.07) is 5.92. The summed E-state index contributed by atoms with van der Waals surface area (Å²) in [5.41, 5.74) is 5.75. The molecule has 1 aromatic heterocycles. The molecule has 0 atom stereocenters. The molecule has 0 unspecified atom stereocenters. The topological polar surface area (TPSA) is 40.5 Å². The van der Waals surface area contributed by atoms with Gasteiger partial charge in [0.2, 0.25) is 0 Å². The van der Waals surface area contributed by atoms with E-state index in [1.807, 2.05) is 32.0 Å². The Labute approximate surface area is 102 Å². The van der Waals surface area contributed by atoms with Crippen molar-refractivity contribution in [1.82, 2.24) is 15.3 Å². The van der Waals surface area contributed by atoms with Crippen molar-refractivity contribution >= 4 is 5.71 Å². The second kappa shape index (κ2) is 4.99. The maximum absolute atomic E-state index is 4.42. The fourth-order valence-electron chi connectivity index (χ4n) is 1.61. The van der Waals surface area contributed by atoms with Gasteiger partial charge < -0.3 is 4.90 Å². The second-order valence-corrected chi connectivity index (χ2v) is 4.26. The van der Waals surface area contributed by atoms with Gasteiger partial charge in [-0.05, 0) is 32.4 Å². The van der Waals surface area contributed by atoms with Crippen molar-refractivity contribution in [2.24, 2.45) is 5.10 Å². The number of rotatable bonds is 4. The van der Waals surface area contributed by atoms with Crippen LogP contribution in [-0.2, 0) is 0 Å². The van der Waals surface area contributed by atoms with Crippen molar-refractivity contribution in [2.45, 2.75) is 20.3 Å². The Kier molecular flexibility index (Phi) is 3.42. The number of hydrogen-bond acceptors (Lipinski definition) is 4. The van der Waals surface area contributed by atoms with Gasteiger partial charge in [0.15, 0.2) is 0 Å². The van der Waals surface area contributed by atoms with E-state index >= 15 is 0 Å². The van der Waals surface area contributed by atoms with E-state index in [9.17, 15) is 0 Å². The van der Waals surface area contributed by atoms with Crippen LogP contribution < -0.4 is 5.43 Å². The molecule has 0 spiro atoms. The first-order valence-corrected chi connectivity index (χ1v) is 5.85. The quantitative estimate of drug-likeness (QED) is 0.634. The van der Waals surface area contributed by atoms with E-state index in [2.05, 4.69) is 27.0 Å². The average molecular weight is 230 g/mol. The van der Waals surface area contributed by atoms with Gasteiger partial charge in [-0.1, -0.05) is 12.6 Å². The van der Waals surface area contributed by atoms with Crippen molar-refractivity contribution in [3.05, 3.63) is 42.0 Å². The zero-order valence-corrected chi connectivity index (χ0v) is 10.4. The molecule has 90 valence electrons. The number of hydrogen-bond donors (Lipinski definition) is 1. The highest BCUT2D eigenvalue weighted by atomic mass is 15.4. The Morgan fingerprint density at radius 1 is 1.47 bits per heavy atom. The lowest BCUT2D eigenvalue weighted by Gasteiger charge is -2.33. The molecule has 4 nitrogen and oxygen atoms in total. The molecule has 1 N–H and O–H groups in total. The largest absolute Gasteiger partial charge is 0.357 e. The fraction of sp³-hybridized carbons (Fsp3) is 0.385. The maximum atomic E-state index is 4.42. The summed E-state index contributed by atoms with van der Waals surface area (Å²) < 4.78 is 0. The number of pyridine rings is 1. The normalized spacial score (nSPS) is 15.4. The molecule has 1 saturated heterocycles. The van der Waals surface area contributed by atoms with Crippen LogP contribution in [0.5, 0.6) is 0 Å². The van der Waals surface area contributed by atoms with Gasteiger partial charge in [-0.3, -0.25) is 10.4 Å². The fourth-order valence-corrected chi connectivity index (χ4v) is 1.61. The molecule has 1 fully saturated rings. The molecule has 0 radical (unpaired) electrons. The SMILES string of the molecule is C=C(N/N=C(\C)c1cccc(C)n1)N1CCC1. The number of nitrogens with zero attached hydrogens (tertiary/aromatic N) is 3. The van der Waals surface area contributed by atoms with Crippen molar-refractivity contribution in [2.75, 3.05) is 13.1 Å². The first kappa shape index (κ1) is 11.6. The summed E-state index contributed by atoms with van der Waals surface area (Å²) in [5.74, 6) is 0.864. The van der Waals surface area contributed by atoms with Gasteiger partial charge in [-0.2, -0.15) is 5.10 Å². The number of aryl methyl sites for hydroxylation is 1. The standard InChI is InChI=1S/C13H18N4/c1-10-6-4-7-13(14-10)11(2)15-16-12(3)17-8-5-9-17/h4,6-7,16H,3,5,8-9H2,1-2H3/b15-11+.